The van der Waals surface area contributed by atoms with Gasteiger partial charge in [0.1, 0.15) is 24.3 Å². The van der Waals surface area contributed by atoms with Gasteiger partial charge in [-0.15, -0.1) is 0 Å². The van der Waals surface area contributed by atoms with Crippen molar-refractivity contribution >= 4 is 18.1 Å². The lowest BCUT2D eigenvalue weighted by Gasteiger charge is -2.32. The van der Waals surface area contributed by atoms with Crippen LogP contribution in [0, 0.1) is 5.92 Å². The number of alkyl carbamates (subject to hydrolysis) is 1. The molecule has 0 bridgehead atoms. The molecule has 0 fully saturated rings. The molecule has 3 atom stereocenters. The second-order valence-electron chi connectivity index (χ2n) is 11.7. The van der Waals surface area contributed by atoms with Crippen LogP contribution >= 0.6 is 0 Å². The minimum absolute atomic E-state index is 0.0569. The monoisotopic (exact) mass is 609 g/mol. The number of rotatable bonds is 13. The molecule has 3 amide bonds. The van der Waals surface area contributed by atoms with Gasteiger partial charge in [-0.1, -0.05) is 56.3 Å². The van der Waals surface area contributed by atoms with Crippen LogP contribution in [-0.4, -0.2) is 80.4 Å². The van der Waals surface area contributed by atoms with Gasteiger partial charge < -0.3 is 25.2 Å². The van der Waals surface area contributed by atoms with Crippen molar-refractivity contribution in [2.24, 2.45) is 5.92 Å². The van der Waals surface area contributed by atoms with Crippen LogP contribution in [0.1, 0.15) is 45.7 Å². The zero-order chi connectivity index (χ0) is 32.3. The summed E-state index contributed by atoms with van der Waals surface area (Å²) in [6.07, 6.45) is 0.768. The molecule has 44 heavy (non-hydrogen) atoms. The van der Waals surface area contributed by atoms with Crippen molar-refractivity contribution in [3.63, 3.8) is 0 Å². The number of hydrogen-bond acceptors (Lipinski definition) is 9. The highest BCUT2D eigenvalue weighted by Gasteiger charge is 2.31. The van der Waals surface area contributed by atoms with Crippen molar-refractivity contribution in [3.8, 4) is 5.69 Å². The molecule has 1 aromatic heterocycles. The Bertz CT molecular complexity index is 1330. The first-order valence-electron chi connectivity index (χ1n) is 14.4. The van der Waals surface area contributed by atoms with Crippen LogP contribution in [0.5, 0.6) is 0 Å². The molecule has 0 spiro atoms. The summed E-state index contributed by atoms with van der Waals surface area (Å²) in [6.45, 7) is 9.03. The molecule has 3 aromatic rings. The quantitative estimate of drug-likeness (QED) is 0.214. The Labute approximate surface area is 257 Å². The lowest BCUT2D eigenvalue weighted by molar-refractivity contribution is -0.125. The Morgan fingerprint density at radius 3 is 2.23 bits per heavy atom. The number of ether oxygens (including phenoxy) is 2. The normalized spacial score (nSPS) is 13.6. The van der Waals surface area contributed by atoms with E-state index in [9.17, 15) is 19.5 Å². The highest BCUT2D eigenvalue weighted by Crippen LogP contribution is 2.14. The largest absolute Gasteiger partial charge is 0.453 e. The van der Waals surface area contributed by atoms with Crippen molar-refractivity contribution in [1.82, 2.24) is 35.8 Å². The van der Waals surface area contributed by atoms with Gasteiger partial charge in [-0.25, -0.2) is 24.3 Å². The standard InChI is InChI=1S/C31H43N7O6/c1-21(2)27(35-29(41)43-6)28(40)34-25(16-22-10-8-7-9-11-22)26(39)18-37(36-30(42)44-31(3,4)5)17-23-12-14-24(15-13-23)38-20-32-19-33-38/h7-15,19-21,25-27,39H,16-18H2,1-6H3,(H,34,40)(H,35,41)(H,36,42)/t25?,26?,27-/m0/s1. The number of aliphatic hydroxyl groups is 1. The summed E-state index contributed by atoms with van der Waals surface area (Å²) in [5.74, 6) is -0.727. The molecule has 13 nitrogen and oxygen atoms in total. The van der Waals surface area contributed by atoms with E-state index in [1.807, 2.05) is 54.6 Å². The fourth-order valence-corrected chi connectivity index (χ4v) is 4.39. The van der Waals surface area contributed by atoms with E-state index >= 15 is 0 Å². The third-order valence-corrected chi connectivity index (χ3v) is 6.55. The highest BCUT2D eigenvalue weighted by atomic mass is 16.6. The van der Waals surface area contributed by atoms with Crippen LogP contribution in [0.15, 0.2) is 67.3 Å². The topological polar surface area (TPSA) is 160 Å². The van der Waals surface area contributed by atoms with Crippen molar-refractivity contribution in [3.05, 3.63) is 78.4 Å². The Morgan fingerprint density at radius 1 is 0.977 bits per heavy atom. The number of nitrogens with one attached hydrogen (secondary N) is 3. The van der Waals surface area contributed by atoms with Crippen LogP contribution < -0.4 is 16.1 Å². The first-order chi connectivity index (χ1) is 20.8. The van der Waals surface area contributed by atoms with Gasteiger partial charge in [0.15, 0.2) is 0 Å². The summed E-state index contributed by atoms with van der Waals surface area (Å²) < 4.78 is 11.8. The minimum atomic E-state index is -1.14. The van der Waals surface area contributed by atoms with Gasteiger partial charge in [0.05, 0.1) is 24.9 Å². The lowest BCUT2D eigenvalue weighted by atomic mass is 9.98. The number of carbonyl (C=O) groups is 3. The summed E-state index contributed by atoms with van der Waals surface area (Å²) in [6, 6.07) is 15.2. The van der Waals surface area contributed by atoms with Crippen LogP contribution in [-0.2, 0) is 27.2 Å². The van der Waals surface area contributed by atoms with Crippen molar-refractivity contribution in [2.75, 3.05) is 13.7 Å². The van der Waals surface area contributed by atoms with Crippen molar-refractivity contribution in [2.45, 2.75) is 71.4 Å². The molecule has 4 N–H and O–H groups in total. The second-order valence-corrected chi connectivity index (χ2v) is 11.7. The predicted octanol–water partition coefficient (Wildman–Crippen LogP) is 2.98. The fraction of sp³-hybridized carbons (Fsp3) is 0.452. The number of aromatic nitrogens is 3. The number of hydrazine groups is 1. The van der Waals surface area contributed by atoms with E-state index in [4.69, 9.17) is 9.47 Å². The molecule has 0 aliphatic carbocycles. The molecular weight excluding hydrogens is 566 g/mol. The molecule has 238 valence electrons. The van der Waals surface area contributed by atoms with Gasteiger partial charge in [0.25, 0.3) is 0 Å². The number of benzene rings is 2. The number of methoxy groups -OCH3 is 1. The van der Waals surface area contributed by atoms with Gasteiger partial charge in [0, 0.05) is 13.1 Å². The van der Waals surface area contributed by atoms with Gasteiger partial charge in [-0.2, -0.15) is 5.10 Å². The summed E-state index contributed by atoms with van der Waals surface area (Å²) in [7, 11) is 1.22. The van der Waals surface area contributed by atoms with E-state index in [0.29, 0.717) is 6.42 Å². The maximum atomic E-state index is 13.4. The number of aliphatic hydroxyl groups excluding tert-OH is 1. The second kappa shape index (κ2) is 15.8. The van der Waals surface area contributed by atoms with Crippen LogP contribution in [0.4, 0.5) is 9.59 Å². The molecule has 0 radical (unpaired) electrons. The molecule has 1 heterocycles. The molecule has 0 saturated heterocycles. The zero-order valence-corrected chi connectivity index (χ0v) is 26.1. The molecule has 0 aliphatic rings. The minimum Gasteiger partial charge on any atom is -0.453 e. The number of nitrogens with zero attached hydrogens (tertiary/aromatic N) is 4. The first kappa shape index (κ1) is 34.0. The van der Waals surface area contributed by atoms with E-state index in [1.54, 1.807) is 50.6 Å². The molecule has 2 aromatic carbocycles. The molecule has 3 rings (SSSR count). The number of hydrogen-bond donors (Lipinski definition) is 4. The molecule has 13 heteroatoms. The van der Waals surface area contributed by atoms with E-state index in [-0.39, 0.29) is 19.0 Å². The smallest absolute Gasteiger partial charge is 0.422 e. The molecular formula is C31H43N7O6. The van der Waals surface area contributed by atoms with Gasteiger partial charge in [0.2, 0.25) is 5.91 Å². The highest BCUT2D eigenvalue weighted by molar-refractivity contribution is 5.86. The maximum absolute atomic E-state index is 13.4. The van der Waals surface area contributed by atoms with Crippen LogP contribution in [0.3, 0.4) is 0 Å². The molecule has 0 saturated carbocycles. The van der Waals surface area contributed by atoms with E-state index in [0.717, 1.165) is 16.8 Å². The van der Waals surface area contributed by atoms with E-state index < -0.39 is 41.9 Å². The zero-order valence-electron chi connectivity index (χ0n) is 26.1. The summed E-state index contributed by atoms with van der Waals surface area (Å²) >= 11 is 0. The third-order valence-electron chi connectivity index (χ3n) is 6.55. The Morgan fingerprint density at radius 2 is 1.66 bits per heavy atom. The Kier molecular flexibility index (Phi) is 12.2. The van der Waals surface area contributed by atoms with Gasteiger partial charge in [-0.05, 0) is 56.4 Å². The average Bonchev–Trinajstić information content (AvgIpc) is 3.50. The molecule has 2 unspecified atom stereocenters. The first-order valence-corrected chi connectivity index (χ1v) is 14.4. The average molecular weight is 610 g/mol. The van der Waals surface area contributed by atoms with Crippen molar-refractivity contribution in [1.29, 1.82) is 0 Å². The Hall–Kier alpha value is -4.49. The fourth-order valence-electron chi connectivity index (χ4n) is 4.39. The predicted molar refractivity (Wildman–Crippen MR) is 163 cm³/mol. The molecule has 0 aliphatic heterocycles. The van der Waals surface area contributed by atoms with E-state index in [1.165, 1.54) is 13.4 Å². The SMILES string of the molecule is COC(=O)N[C@H](C(=O)NC(Cc1ccccc1)C(O)CN(Cc1ccc(-n2cncn2)cc1)NC(=O)OC(C)(C)C)C(C)C. The third kappa shape index (κ3) is 11.0. The lowest BCUT2D eigenvalue weighted by Crippen LogP contribution is -2.57. The van der Waals surface area contributed by atoms with Crippen molar-refractivity contribution < 1.29 is 29.0 Å². The van der Waals surface area contributed by atoms with E-state index in [2.05, 4.69) is 26.1 Å². The van der Waals surface area contributed by atoms with Gasteiger partial charge >= 0.3 is 12.2 Å². The number of carbonyl (C=O) groups excluding carboxylic acids is 3. The summed E-state index contributed by atoms with van der Waals surface area (Å²) in [5.41, 5.74) is 4.53. The van der Waals surface area contributed by atoms with Gasteiger partial charge in [-0.3, -0.25) is 10.2 Å². The van der Waals surface area contributed by atoms with Crippen LogP contribution in [0.2, 0.25) is 0 Å². The summed E-state index contributed by atoms with van der Waals surface area (Å²) in [4.78, 5) is 42.0. The van der Waals surface area contributed by atoms with Crippen LogP contribution in [0.25, 0.3) is 5.69 Å². The Balaban J connectivity index is 1.84. The summed E-state index contributed by atoms with van der Waals surface area (Å²) in [5, 5.41) is 22.7. The maximum Gasteiger partial charge on any atom is 0.422 e. The number of amides is 3.